The minimum Gasteiger partial charge on any atom is -0.486 e. The number of benzene rings is 2. The van der Waals surface area contributed by atoms with Crippen LogP contribution < -0.4 is 20.1 Å². The SMILES string of the molecule is CC(NCc1cccc2c1OCCO2)c1ccc2c(c1)CCC(=O)N2.Cl. The molecule has 2 aliphatic heterocycles. The molecule has 2 aliphatic rings. The number of halogens is 1. The van der Waals surface area contributed by atoms with Gasteiger partial charge in [0, 0.05) is 30.3 Å². The first kappa shape index (κ1) is 18.5. The second kappa shape index (κ2) is 7.98. The van der Waals surface area contributed by atoms with Gasteiger partial charge in [-0.1, -0.05) is 24.3 Å². The lowest BCUT2D eigenvalue weighted by atomic mass is 9.97. The minimum atomic E-state index is 0. The minimum absolute atomic E-state index is 0. The number of fused-ring (bicyclic) bond motifs is 2. The number of amides is 1. The standard InChI is InChI=1S/C20H22N2O3.ClH/c1-13(14-5-7-17-15(11-14)6-8-19(23)22-17)21-12-16-3-2-4-18-20(16)25-10-9-24-18;/h2-5,7,11,13,21H,6,8-10,12H2,1H3,(H,22,23);1H. The number of ether oxygens (including phenoxy) is 2. The highest BCUT2D eigenvalue weighted by Crippen LogP contribution is 2.34. The van der Waals surface area contributed by atoms with Crippen molar-refractivity contribution in [3.05, 3.63) is 53.1 Å². The third-order valence-electron chi connectivity index (χ3n) is 4.77. The maximum atomic E-state index is 11.5. The van der Waals surface area contributed by atoms with E-state index in [1.807, 2.05) is 18.2 Å². The molecule has 138 valence electrons. The van der Waals surface area contributed by atoms with Crippen LogP contribution in [0.15, 0.2) is 36.4 Å². The Morgan fingerprint density at radius 3 is 2.88 bits per heavy atom. The molecule has 0 spiro atoms. The molecule has 1 amide bonds. The van der Waals surface area contributed by atoms with Crippen LogP contribution in [0.1, 0.15) is 36.1 Å². The number of para-hydroxylation sites is 1. The predicted molar refractivity (Wildman–Crippen MR) is 103 cm³/mol. The van der Waals surface area contributed by atoms with Gasteiger partial charge < -0.3 is 20.1 Å². The van der Waals surface area contributed by atoms with E-state index in [0.29, 0.717) is 26.2 Å². The van der Waals surface area contributed by atoms with Gasteiger partial charge in [0.2, 0.25) is 5.91 Å². The Morgan fingerprint density at radius 1 is 1.15 bits per heavy atom. The van der Waals surface area contributed by atoms with Gasteiger partial charge in [0.05, 0.1) is 0 Å². The normalized spacial score (nSPS) is 16.1. The molecule has 2 aromatic rings. The van der Waals surface area contributed by atoms with Gasteiger partial charge in [-0.25, -0.2) is 0 Å². The van der Waals surface area contributed by atoms with Crippen LogP contribution in [-0.4, -0.2) is 19.1 Å². The number of anilines is 1. The van der Waals surface area contributed by atoms with E-state index in [2.05, 4.69) is 35.8 Å². The zero-order chi connectivity index (χ0) is 17.2. The second-order valence-electron chi connectivity index (χ2n) is 6.51. The summed E-state index contributed by atoms with van der Waals surface area (Å²) >= 11 is 0. The number of hydrogen-bond donors (Lipinski definition) is 2. The molecule has 26 heavy (non-hydrogen) atoms. The molecule has 0 bridgehead atoms. The Morgan fingerprint density at radius 2 is 2.00 bits per heavy atom. The van der Waals surface area contributed by atoms with Gasteiger partial charge in [-0.3, -0.25) is 4.79 Å². The van der Waals surface area contributed by atoms with Crippen molar-refractivity contribution in [2.24, 2.45) is 0 Å². The first-order valence-electron chi connectivity index (χ1n) is 8.74. The molecule has 4 rings (SSSR count). The molecule has 0 saturated heterocycles. The van der Waals surface area contributed by atoms with Gasteiger partial charge in [-0.15, -0.1) is 12.4 Å². The van der Waals surface area contributed by atoms with Crippen LogP contribution in [0.3, 0.4) is 0 Å². The van der Waals surface area contributed by atoms with E-state index in [1.54, 1.807) is 0 Å². The highest BCUT2D eigenvalue weighted by Gasteiger charge is 2.18. The van der Waals surface area contributed by atoms with E-state index in [9.17, 15) is 4.79 Å². The molecule has 0 radical (unpaired) electrons. The molecular weight excluding hydrogens is 352 g/mol. The van der Waals surface area contributed by atoms with Gasteiger partial charge in [-0.2, -0.15) is 0 Å². The monoisotopic (exact) mass is 374 g/mol. The van der Waals surface area contributed by atoms with Crippen LogP contribution >= 0.6 is 12.4 Å². The van der Waals surface area contributed by atoms with Crippen LogP contribution in [-0.2, 0) is 17.8 Å². The van der Waals surface area contributed by atoms with Crippen LogP contribution in [0.4, 0.5) is 5.69 Å². The summed E-state index contributed by atoms with van der Waals surface area (Å²) in [4.78, 5) is 11.5. The van der Waals surface area contributed by atoms with Crippen molar-refractivity contribution < 1.29 is 14.3 Å². The third-order valence-corrected chi connectivity index (χ3v) is 4.77. The molecule has 0 fully saturated rings. The van der Waals surface area contributed by atoms with E-state index < -0.39 is 0 Å². The smallest absolute Gasteiger partial charge is 0.224 e. The van der Waals surface area contributed by atoms with Crippen LogP contribution in [0.2, 0.25) is 0 Å². The van der Waals surface area contributed by atoms with Gasteiger partial charge in [0.15, 0.2) is 11.5 Å². The van der Waals surface area contributed by atoms with E-state index in [0.717, 1.165) is 29.2 Å². The Hall–Kier alpha value is -2.24. The Labute approximate surface area is 159 Å². The Bertz CT molecular complexity index is 810. The number of aryl methyl sites for hydroxylation is 1. The molecule has 1 atom stereocenters. The molecule has 0 saturated carbocycles. The highest BCUT2D eigenvalue weighted by molar-refractivity contribution is 5.93. The molecule has 2 heterocycles. The lowest BCUT2D eigenvalue weighted by Gasteiger charge is -2.23. The maximum absolute atomic E-state index is 11.5. The fourth-order valence-electron chi connectivity index (χ4n) is 3.33. The van der Waals surface area contributed by atoms with E-state index in [1.165, 1.54) is 11.1 Å². The predicted octanol–water partition coefficient (Wildman–Crippen LogP) is 3.62. The lowest BCUT2D eigenvalue weighted by molar-refractivity contribution is -0.116. The fraction of sp³-hybridized carbons (Fsp3) is 0.350. The molecule has 0 aromatic heterocycles. The summed E-state index contributed by atoms with van der Waals surface area (Å²) in [5.41, 5.74) is 4.47. The van der Waals surface area contributed by atoms with Gasteiger partial charge in [0.25, 0.3) is 0 Å². The Balaban J connectivity index is 0.00000196. The van der Waals surface area contributed by atoms with Crippen molar-refractivity contribution in [3.8, 4) is 11.5 Å². The fourth-order valence-corrected chi connectivity index (χ4v) is 3.33. The summed E-state index contributed by atoms with van der Waals surface area (Å²) in [5.74, 6) is 1.77. The highest BCUT2D eigenvalue weighted by atomic mass is 35.5. The molecular formula is C20H23ClN2O3. The van der Waals surface area contributed by atoms with Crippen LogP contribution in [0.5, 0.6) is 11.5 Å². The summed E-state index contributed by atoms with van der Waals surface area (Å²) < 4.78 is 11.4. The van der Waals surface area contributed by atoms with Crippen LogP contribution in [0.25, 0.3) is 0 Å². The van der Waals surface area contributed by atoms with Gasteiger partial charge in [-0.05, 0) is 36.6 Å². The largest absolute Gasteiger partial charge is 0.486 e. The van der Waals surface area contributed by atoms with Gasteiger partial charge >= 0.3 is 0 Å². The Kier molecular flexibility index (Phi) is 5.69. The number of carbonyl (C=O) groups excluding carboxylic acids is 1. The van der Waals surface area contributed by atoms with E-state index in [4.69, 9.17) is 9.47 Å². The average Bonchev–Trinajstić information content (AvgIpc) is 2.65. The topological polar surface area (TPSA) is 59.6 Å². The second-order valence-corrected chi connectivity index (χ2v) is 6.51. The first-order valence-corrected chi connectivity index (χ1v) is 8.74. The molecule has 5 nitrogen and oxygen atoms in total. The van der Waals surface area contributed by atoms with Crippen LogP contribution in [0, 0.1) is 0 Å². The zero-order valence-corrected chi connectivity index (χ0v) is 15.5. The van der Waals surface area contributed by atoms with Crippen molar-refractivity contribution in [3.63, 3.8) is 0 Å². The first-order chi connectivity index (χ1) is 12.2. The molecule has 6 heteroatoms. The molecule has 0 aliphatic carbocycles. The maximum Gasteiger partial charge on any atom is 0.224 e. The quantitative estimate of drug-likeness (QED) is 0.858. The number of hydrogen-bond acceptors (Lipinski definition) is 4. The summed E-state index contributed by atoms with van der Waals surface area (Å²) in [7, 11) is 0. The van der Waals surface area contributed by atoms with Crippen molar-refractivity contribution in [1.29, 1.82) is 0 Å². The summed E-state index contributed by atoms with van der Waals surface area (Å²) in [5, 5.41) is 6.49. The number of carbonyl (C=O) groups is 1. The number of rotatable bonds is 4. The van der Waals surface area contributed by atoms with Crippen molar-refractivity contribution in [2.45, 2.75) is 32.4 Å². The molecule has 2 aromatic carbocycles. The average molecular weight is 375 g/mol. The molecule has 2 N–H and O–H groups in total. The summed E-state index contributed by atoms with van der Waals surface area (Å²) in [6.07, 6.45) is 1.37. The zero-order valence-electron chi connectivity index (χ0n) is 14.7. The number of nitrogens with one attached hydrogen (secondary N) is 2. The van der Waals surface area contributed by atoms with E-state index in [-0.39, 0.29) is 24.4 Å². The third kappa shape index (κ3) is 3.79. The summed E-state index contributed by atoms with van der Waals surface area (Å²) in [6, 6.07) is 12.5. The lowest BCUT2D eigenvalue weighted by Crippen LogP contribution is -2.22. The molecule has 1 unspecified atom stereocenters. The van der Waals surface area contributed by atoms with Gasteiger partial charge in [0.1, 0.15) is 13.2 Å². The van der Waals surface area contributed by atoms with Crippen molar-refractivity contribution in [1.82, 2.24) is 5.32 Å². The van der Waals surface area contributed by atoms with Crippen molar-refractivity contribution >= 4 is 24.0 Å². The summed E-state index contributed by atoms with van der Waals surface area (Å²) in [6.45, 7) is 4.06. The van der Waals surface area contributed by atoms with E-state index >= 15 is 0 Å². The van der Waals surface area contributed by atoms with Crippen molar-refractivity contribution in [2.75, 3.05) is 18.5 Å².